The highest BCUT2D eigenvalue weighted by molar-refractivity contribution is 5.93. The molecule has 1 aliphatic rings. The molecule has 0 aliphatic heterocycles. The van der Waals surface area contributed by atoms with Gasteiger partial charge >= 0.3 is 12.1 Å². The van der Waals surface area contributed by atoms with Crippen LogP contribution in [-0.2, 0) is 11.0 Å². The highest BCUT2D eigenvalue weighted by atomic mass is 19.4. The molecule has 11 heteroatoms. The molecule has 2 heterocycles. The molecule has 2 N–H and O–H groups in total. The summed E-state index contributed by atoms with van der Waals surface area (Å²) >= 11 is 0. The van der Waals surface area contributed by atoms with Gasteiger partial charge in [0.25, 0.3) is 5.82 Å². The Morgan fingerprint density at radius 1 is 1.25 bits per heavy atom. The second-order valence-electron chi connectivity index (χ2n) is 6.67. The third-order valence-electron chi connectivity index (χ3n) is 4.68. The van der Waals surface area contributed by atoms with E-state index >= 15 is 0 Å². The molecule has 0 bridgehead atoms. The van der Waals surface area contributed by atoms with E-state index in [9.17, 15) is 22.8 Å². The van der Waals surface area contributed by atoms with Crippen molar-refractivity contribution >= 4 is 17.7 Å². The number of carbonyl (C=O) groups is 2. The second kappa shape index (κ2) is 7.95. The minimum Gasteiger partial charge on any atom is -0.478 e. The number of hydrogen-bond donors (Lipinski definition) is 2. The molecule has 0 saturated heterocycles. The van der Waals surface area contributed by atoms with Gasteiger partial charge in [-0.2, -0.15) is 13.2 Å². The van der Waals surface area contributed by atoms with Gasteiger partial charge in [-0.05, 0) is 24.5 Å². The summed E-state index contributed by atoms with van der Waals surface area (Å²) in [5, 5.41) is 14.8. The quantitative estimate of drug-likeness (QED) is 0.775. The first-order chi connectivity index (χ1) is 13.2. The monoisotopic (exact) mass is 397 g/mol. The zero-order valence-corrected chi connectivity index (χ0v) is 14.7. The lowest BCUT2D eigenvalue weighted by Crippen LogP contribution is -2.29. The van der Waals surface area contributed by atoms with Crippen LogP contribution in [0.1, 0.15) is 54.3 Å². The Morgan fingerprint density at radius 3 is 2.50 bits per heavy atom. The molecule has 1 atom stereocenters. The summed E-state index contributed by atoms with van der Waals surface area (Å²) in [6.07, 6.45) is 1.45. The number of halogens is 3. The zero-order valence-electron chi connectivity index (χ0n) is 14.7. The highest BCUT2D eigenvalue weighted by Gasteiger charge is 2.37. The number of anilines is 1. The topological polar surface area (TPSA) is 110 Å². The van der Waals surface area contributed by atoms with Crippen molar-refractivity contribution in [2.45, 2.75) is 44.3 Å². The average molecular weight is 397 g/mol. The van der Waals surface area contributed by atoms with E-state index in [4.69, 9.17) is 5.11 Å². The van der Waals surface area contributed by atoms with Crippen molar-refractivity contribution in [3.05, 3.63) is 36.0 Å². The van der Waals surface area contributed by atoms with E-state index < -0.39 is 29.9 Å². The number of nitrogens with one attached hydrogen (secondary N) is 1. The van der Waals surface area contributed by atoms with Crippen molar-refractivity contribution < 1.29 is 27.9 Å². The molecule has 1 fully saturated rings. The summed E-state index contributed by atoms with van der Waals surface area (Å²) in [6.45, 7) is 0. The van der Waals surface area contributed by atoms with Gasteiger partial charge in [0.05, 0.1) is 5.56 Å². The predicted molar refractivity (Wildman–Crippen MR) is 90.5 cm³/mol. The van der Waals surface area contributed by atoms with Crippen molar-refractivity contribution in [1.82, 2.24) is 19.7 Å². The Balaban J connectivity index is 1.80. The fraction of sp³-hybridized carbons (Fsp3) is 0.471. The smallest absolute Gasteiger partial charge is 0.453 e. The van der Waals surface area contributed by atoms with Gasteiger partial charge in [-0.3, -0.25) is 4.79 Å². The van der Waals surface area contributed by atoms with Crippen LogP contribution in [0.3, 0.4) is 0 Å². The molecular weight excluding hydrogens is 379 g/mol. The van der Waals surface area contributed by atoms with Crippen LogP contribution in [0, 0.1) is 5.92 Å². The third kappa shape index (κ3) is 4.65. The van der Waals surface area contributed by atoms with Crippen molar-refractivity contribution in [2.75, 3.05) is 5.32 Å². The Labute approximate surface area is 157 Å². The maximum atomic E-state index is 12.8. The molecule has 0 spiro atoms. The second-order valence-corrected chi connectivity index (χ2v) is 6.67. The molecule has 8 nitrogen and oxygen atoms in total. The van der Waals surface area contributed by atoms with E-state index in [1.54, 1.807) is 0 Å². The lowest BCUT2D eigenvalue weighted by Gasteiger charge is -2.20. The van der Waals surface area contributed by atoms with Crippen LogP contribution in [-0.4, -0.2) is 36.7 Å². The summed E-state index contributed by atoms with van der Waals surface area (Å²) in [7, 11) is 0. The van der Waals surface area contributed by atoms with E-state index in [1.165, 1.54) is 12.1 Å². The largest absolute Gasteiger partial charge is 0.478 e. The molecule has 0 aromatic carbocycles. The number of amides is 1. The van der Waals surface area contributed by atoms with Crippen LogP contribution in [0.5, 0.6) is 0 Å². The van der Waals surface area contributed by atoms with E-state index in [0.29, 0.717) is 6.42 Å². The Morgan fingerprint density at radius 2 is 1.96 bits per heavy atom. The number of hydrogen-bond acceptors (Lipinski definition) is 5. The third-order valence-corrected chi connectivity index (χ3v) is 4.68. The van der Waals surface area contributed by atoms with Gasteiger partial charge in [-0.1, -0.05) is 25.7 Å². The lowest BCUT2D eigenvalue weighted by molar-refractivity contribution is -0.145. The molecule has 1 unspecified atom stereocenters. The van der Waals surface area contributed by atoms with Crippen LogP contribution in [0.15, 0.2) is 24.7 Å². The lowest BCUT2D eigenvalue weighted by atomic mass is 9.98. The van der Waals surface area contributed by atoms with Crippen LogP contribution in [0.4, 0.5) is 19.0 Å². The molecule has 1 aliphatic carbocycles. The molecular formula is C17H18F3N5O3. The summed E-state index contributed by atoms with van der Waals surface area (Å²) in [4.78, 5) is 30.7. The highest BCUT2D eigenvalue weighted by Crippen LogP contribution is 2.33. The molecule has 28 heavy (non-hydrogen) atoms. The number of aromatic carboxylic acids is 1. The number of nitrogens with zero attached hydrogens (tertiary/aromatic N) is 4. The van der Waals surface area contributed by atoms with Crippen LogP contribution in [0.25, 0.3) is 0 Å². The van der Waals surface area contributed by atoms with Crippen LogP contribution < -0.4 is 5.32 Å². The summed E-state index contributed by atoms with van der Waals surface area (Å²) < 4.78 is 39.4. The number of aromatic nitrogens is 4. The first-order valence-electron chi connectivity index (χ1n) is 8.72. The van der Waals surface area contributed by atoms with Gasteiger partial charge in [-0.15, -0.1) is 5.10 Å². The molecule has 150 valence electrons. The van der Waals surface area contributed by atoms with Gasteiger partial charge in [-0.25, -0.2) is 19.4 Å². The maximum Gasteiger partial charge on any atom is 0.453 e. The number of pyridine rings is 1. The summed E-state index contributed by atoms with van der Waals surface area (Å²) in [5.41, 5.74) is -0.0494. The zero-order chi connectivity index (χ0) is 20.3. The minimum atomic E-state index is -4.70. The van der Waals surface area contributed by atoms with E-state index in [2.05, 4.69) is 20.4 Å². The standard InChI is InChI=1S/C17H18F3N5O3/c18-17(19,20)16-22-9-25(24-16)12(7-10-3-1-2-4-10)14(26)23-13-6-5-11(8-21-13)15(27)28/h5-6,8-10,12H,1-4,7H2,(H,27,28)(H,21,23,26). The maximum absolute atomic E-state index is 12.8. The Kier molecular flexibility index (Phi) is 5.61. The van der Waals surface area contributed by atoms with Crippen molar-refractivity contribution in [1.29, 1.82) is 0 Å². The van der Waals surface area contributed by atoms with Gasteiger partial charge in [0.2, 0.25) is 5.91 Å². The van der Waals surface area contributed by atoms with Crippen molar-refractivity contribution in [2.24, 2.45) is 5.92 Å². The van der Waals surface area contributed by atoms with Gasteiger partial charge in [0, 0.05) is 6.20 Å². The van der Waals surface area contributed by atoms with Gasteiger partial charge in [0.1, 0.15) is 18.2 Å². The summed E-state index contributed by atoms with van der Waals surface area (Å²) in [5.74, 6) is -2.74. The molecule has 2 aromatic rings. The first-order valence-corrected chi connectivity index (χ1v) is 8.72. The van der Waals surface area contributed by atoms with Crippen LogP contribution in [0.2, 0.25) is 0 Å². The van der Waals surface area contributed by atoms with E-state index in [-0.39, 0.29) is 17.3 Å². The normalized spacial score (nSPS) is 16.1. The Bertz CT molecular complexity index is 844. The molecule has 1 amide bonds. The minimum absolute atomic E-state index is 0.0494. The number of alkyl halides is 3. The summed E-state index contributed by atoms with van der Waals surface area (Å²) in [6, 6.07) is 1.61. The van der Waals surface area contributed by atoms with Crippen molar-refractivity contribution in [3.63, 3.8) is 0 Å². The number of carboxylic acids is 1. The Hall–Kier alpha value is -2.98. The van der Waals surface area contributed by atoms with Gasteiger partial charge < -0.3 is 10.4 Å². The first kappa shape index (κ1) is 19.8. The fourth-order valence-electron chi connectivity index (χ4n) is 3.26. The van der Waals surface area contributed by atoms with Crippen LogP contribution >= 0.6 is 0 Å². The fourth-order valence-corrected chi connectivity index (χ4v) is 3.26. The average Bonchev–Trinajstić information content (AvgIpc) is 3.31. The van der Waals surface area contributed by atoms with E-state index in [1.807, 2.05) is 0 Å². The molecule has 1 saturated carbocycles. The number of rotatable bonds is 6. The van der Waals surface area contributed by atoms with E-state index in [0.717, 1.165) is 42.9 Å². The SMILES string of the molecule is O=C(O)c1ccc(NC(=O)C(CC2CCCC2)n2cnc(C(F)(F)F)n2)nc1. The molecule has 0 radical (unpaired) electrons. The predicted octanol–water partition coefficient (Wildman–Crippen LogP) is 3.15. The molecule has 2 aromatic heterocycles. The van der Waals surface area contributed by atoms with Crippen molar-refractivity contribution in [3.8, 4) is 0 Å². The molecule has 3 rings (SSSR count). The van der Waals surface area contributed by atoms with Gasteiger partial charge in [0.15, 0.2) is 0 Å². The number of carbonyl (C=O) groups excluding carboxylic acids is 1. The number of carboxylic acid groups (broad SMARTS) is 1.